The number of carbonyl (C=O) groups is 2. The molecule has 0 heterocycles. The fourth-order valence-corrected chi connectivity index (χ4v) is 2.44. The summed E-state index contributed by atoms with van der Waals surface area (Å²) in [5.74, 6) is 0.00865. The summed E-state index contributed by atoms with van der Waals surface area (Å²) in [7, 11) is 1.53. The van der Waals surface area contributed by atoms with Gasteiger partial charge in [-0.15, -0.1) is 0 Å². The number of methoxy groups -OCH3 is 1. The monoisotopic (exact) mass is 272 g/mol. The lowest BCUT2D eigenvalue weighted by Gasteiger charge is -2.25. The molecule has 0 spiro atoms. The van der Waals surface area contributed by atoms with Gasteiger partial charge >= 0.3 is 12.0 Å². The molecule has 1 aliphatic carbocycles. The highest BCUT2D eigenvalue weighted by Crippen LogP contribution is 2.31. The van der Waals surface area contributed by atoms with Crippen molar-refractivity contribution in [2.45, 2.75) is 32.7 Å². The van der Waals surface area contributed by atoms with Crippen molar-refractivity contribution in [3.8, 4) is 0 Å². The van der Waals surface area contributed by atoms with Gasteiger partial charge in [-0.05, 0) is 24.7 Å². The molecule has 110 valence electrons. The molecule has 0 bridgehead atoms. The van der Waals surface area contributed by atoms with Gasteiger partial charge < -0.3 is 20.1 Å². The lowest BCUT2D eigenvalue weighted by atomic mass is 9.98. The zero-order valence-electron chi connectivity index (χ0n) is 11.9. The molecule has 0 saturated heterocycles. The van der Waals surface area contributed by atoms with E-state index >= 15 is 0 Å². The summed E-state index contributed by atoms with van der Waals surface area (Å²) in [5.41, 5.74) is 0. The Bertz CT molecular complexity index is 322. The maximum absolute atomic E-state index is 12.1. The van der Waals surface area contributed by atoms with Crippen molar-refractivity contribution in [1.82, 2.24) is 10.2 Å². The van der Waals surface area contributed by atoms with E-state index in [2.05, 4.69) is 19.2 Å². The number of aliphatic carboxylic acids is 1. The number of urea groups is 1. The molecule has 2 amide bonds. The summed E-state index contributed by atoms with van der Waals surface area (Å²) in [6.07, 6.45) is 2.06. The molecule has 0 radical (unpaired) electrons. The van der Waals surface area contributed by atoms with Crippen LogP contribution in [0, 0.1) is 11.8 Å². The summed E-state index contributed by atoms with van der Waals surface area (Å²) in [5, 5.41) is 11.8. The topological polar surface area (TPSA) is 78.9 Å². The highest BCUT2D eigenvalue weighted by Gasteiger charge is 2.31. The molecular weight excluding hydrogens is 248 g/mol. The van der Waals surface area contributed by atoms with E-state index in [1.54, 1.807) is 0 Å². The largest absolute Gasteiger partial charge is 0.480 e. The van der Waals surface area contributed by atoms with E-state index < -0.39 is 5.97 Å². The van der Waals surface area contributed by atoms with Crippen molar-refractivity contribution in [2.75, 3.05) is 26.8 Å². The highest BCUT2D eigenvalue weighted by atomic mass is 16.5. The van der Waals surface area contributed by atoms with Gasteiger partial charge in [-0.3, -0.25) is 4.79 Å². The summed E-state index contributed by atoms with van der Waals surface area (Å²) in [4.78, 5) is 24.1. The fraction of sp³-hybridized carbons (Fsp3) is 0.846. The number of carbonyl (C=O) groups excluding carboxylic acids is 1. The summed E-state index contributed by atoms with van der Waals surface area (Å²) in [6.45, 7) is 4.62. The zero-order chi connectivity index (χ0) is 14.4. The number of hydrogen-bond donors (Lipinski definition) is 2. The van der Waals surface area contributed by atoms with Crippen molar-refractivity contribution in [2.24, 2.45) is 11.8 Å². The average Bonchev–Trinajstić information content (AvgIpc) is 2.66. The van der Waals surface area contributed by atoms with Crippen LogP contribution in [0.2, 0.25) is 0 Å². The van der Waals surface area contributed by atoms with Crippen LogP contribution in [-0.4, -0.2) is 54.9 Å². The Morgan fingerprint density at radius 3 is 2.53 bits per heavy atom. The SMILES string of the molecule is COCCN(CC(=O)O)C(=O)NC1CCC(C)C1C. The molecular formula is C13H24N2O4. The van der Waals surface area contributed by atoms with Gasteiger partial charge in [-0.2, -0.15) is 0 Å². The first-order valence-electron chi connectivity index (χ1n) is 6.71. The van der Waals surface area contributed by atoms with E-state index in [0.717, 1.165) is 12.8 Å². The van der Waals surface area contributed by atoms with Gasteiger partial charge in [0.2, 0.25) is 0 Å². The summed E-state index contributed by atoms with van der Waals surface area (Å²) in [6, 6.07) is -0.174. The van der Waals surface area contributed by atoms with Crippen LogP contribution in [0.5, 0.6) is 0 Å². The molecule has 6 heteroatoms. The Labute approximate surface area is 114 Å². The molecule has 0 aliphatic heterocycles. The Kier molecular flexibility index (Phi) is 6.08. The minimum atomic E-state index is -1.01. The highest BCUT2D eigenvalue weighted by molar-refractivity contribution is 5.80. The van der Waals surface area contributed by atoms with Crippen LogP contribution in [0.3, 0.4) is 0 Å². The van der Waals surface area contributed by atoms with Crippen molar-refractivity contribution in [3.63, 3.8) is 0 Å². The minimum Gasteiger partial charge on any atom is -0.480 e. The van der Waals surface area contributed by atoms with Gasteiger partial charge in [0, 0.05) is 19.7 Å². The summed E-state index contributed by atoms with van der Waals surface area (Å²) < 4.78 is 4.90. The van der Waals surface area contributed by atoms with E-state index in [1.807, 2.05) is 0 Å². The molecule has 1 aliphatic rings. The van der Waals surface area contributed by atoms with E-state index in [4.69, 9.17) is 9.84 Å². The van der Waals surface area contributed by atoms with Gasteiger partial charge in [-0.1, -0.05) is 13.8 Å². The first-order valence-corrected chi connectivity index (χ1v) is 6.71. The predicted molar refractivity (Wildman–Crippen MR) is 71.0 cm³/mol. The van der Waals surface area contributed by atoms with Crippen molar-refractivity contribution >= 4 is 12.0 Å². The second-order valence-electron chi connectivity index (χ2n) is 5.28. The van der Waals surface area contributed by atoms with Crippen molar-refractivity contribution in [3.05, 3.63) is 0 Å². The Balaban J connectivity index is 2.53. The lowest BCUT2D eigenvalue weighted by molar-refractivity contribution is -0.137. The molecule has 0 aromatic heterocycles. The fourth-order valence-electron chi connectivity index (χ4n) is 2.44. The molecule has 0 aromatic rings. The second kappa shape index (κ2) is 7.33. The molecule has 0 aromatic carbocycles. The van der Waals surface area contributed by atoms with Crippen LogP contribution in [0.25, 0.3) is 0 Å². The summed E-state index contributed by atoms with van der Waals surface area (Å²) >= 11 is 0. The number of ether oxygens (including phenoxy) is 1. The van der Waals surface area contributed by atoms with Gasteiger partial charge in [0.25, 0.3) is 0 Å². The van der Waals surface area contributed by atoms with Gasteiger partial charge in [0.15, 0.2) is 0 Å². The molecule has 3 atom stereocenters. The van der Waals surface area contributed by atoms with E-state index in [0.29, 0.717) is 18.4 Å². The van der Waals surface area contributed by atoms with Crippen LogP contribution >= 0.6 is 0 Å². The Hall–Kier alpha value is -1.30. The van der Waals surface area contributed by atoms with E-state index in [9.17, 15) is 9.59 Å². The maximum atomic E-state index is 12.1. The first kappa shape index (κ1) is 15.8. The number of carboxylic acid groups (broad SMARTS) is 1. The van der Waals surface area contributed by atoms with Crippen molar-refractivity contribution < 1.29 is 19.4 Å². The second-order valence-corrected chi connectivity index (χ2v) is 5.28. The molecule has 1 fully saturated rings. The normalized spacial score (nSPS) is 26.2. The standard InChI is InChI=1S/C13H24N2O4/c1-9-4-5-11(10(9)2)14-13(18)15(6-7-19-3)8-12(16)17/h9-11H,4-8H2,1-3H3,(H,14,18)(H,16,17). The number of rotatable bonds is 6. The third kappa shape index (κ3) is 4.70. The molecule has 1 rings (SSSR count). The first-order chi connectivity index (χ1) is 8.95. The van der Waals surface area contributed by atoms with E-state index in [-0.39, 0.29) is 25.2 Å². The average molecular weight is 272 g/mol. The number of nitrogens with zero attached hydrogens (tertiary/aromatic N) is 1. The predicted octanol–water partition coefficient (Wildman–Crippen LogP) is 1.16. The van der Waals surface area contributed by atoms with Gasteiger partial charge in [-0.25, -0.2) is 4.79 Å². The number of hydrogen-bond acceptors (Lipinski definition) is 3. The number of nitrogens with one attached hydrogen (secondary N) is 1. The smallest absolute Gasteiger partial charge is 0.323 e. The van der Waals surface area contributed by atoms with Gasteiger partial charge in [0.05, 0.1) is 6.61 Å². The maximum Gasteiger partial charge on any atom is 0.323 e. The third-order valence-electron chi connectivity index (χ3n) is 3.95. The molecule has 19 heavy (non-hydrogen) atoms. The molecule has 2 N–H and O–H groups in total. The zero-order valence-corrected chi connectivity index (χ0v) is 11.9. The minimum absolute atomic E-state index is 0.140. The Morgan fingerprint density at radius 2 is 2.05 bits per heavy atom. The van der Waals surface area contributed by atoms with Crippen LogP contribution in [0.1, 0.15) is 26.7 Å². The van der Waals surface area contributed by atoms with Crippen molar-refractivity contribution in [1.29, 1.82) is 0 Å². The van der Waals surface area contributed by atoms with E-state index in [1.165, 1.54) is 12.0 Å². The molecule has 1 saturated carbocycles. The third-order valence-corrected chi connectivity index (χ3v) is 3.95. The van der Waals surface area contributed by atoms with Gasteiger partial charge in [0.1, 0.15) is 6.54 Å². The molecule has 6 nitrogen and oxygen atoms in total. The number of carboxylic acids is 1. The number of amides is 2. The van der Waals surface area contributed by atoms with Crippen LogP contribution in [0.4, 0.5) is 4.79 Å². The quantitative estimate of drug-likeness (QED) is 0.760. The van der Waals surface area contributed by atoms with Crippen LogP contribution in [-0.2, 0) is 9.53 Å². The Morgan fingerprint density at radius 1 is 1.37 bits per heavy atom. The lowest BCUT2D eigenvalue weighted by Crippen LogP contribution is -2.48. The van der Waals surface area contributed by atoms with Crippen LogP contribution < -0.4 is 5.32 Å². The van der Waals surface area contributed by atoms with Crippen LogP contribution in [0.15, 0.2) is 0 Å². The molecule has 3 unspecified atom stereocenters.